The average Bonchev–Trinajstić information content (AvgIpc) is 2.99. The summed E-state index contributed by atoms with van der Waals surface area (Å²) < 4.78 is 5.42. The van der Waals surface area contributed by atoms with Crippen molar-refractivity contribution in [3.8, 4) is 5.75 Å². The molecule has 142 valence electrons. The maximum absolute atomic E-state index is 12.3. The smallest absolute Gasteiger partial charge is 0.319 e. The van der Waals surface area contributed by atoms with Crippen LogP contribution in [0.3, 0.4) is 0 Å². The number of nitrogens with one attached hydrogen (secondary N) is 2. The molecule has 2 N–H and O–H groups in total. The Labute approximate surface area is 163 Å². The van der Waals surface area contributed by atoms with Gasteiger partial charge in [-0.15, -0.1) is 0 Å². The van der Waals surface area contributed by atoms with Crippen LogP contribution in [0, 0.1) is 6.92 Å². The van der Waals surface area contributed by atoms with Gasteiger partial charge in [-0.05, 0) is 55.8 Å². The van der Waals surface area contributed by atoms with Crippen LogP contribution in [0.4, 0.5) is 16.2 Å². The summed E-state index contributed by atoms with van der Waals surface area (Å²) in [5.74, 6) is 0.738. The van der Waals surface area contributed by atoms with Gasteiger partial charge in [-0.3, -0.25) is 4.79 Å². The normalized spacial score (nSPS) is 16.3. The van der Waals surface area contributed by atoms with Crippen molar-refractivity contribution in [3.05, 3.63) is 53.1 Å². The van der Waals surface area contributed by atoms with Gasteiger partial charge in [0.25, 0.3) is 0 Å². The molecule has 0 bridgehead atoms. The summed E-state index contributed by atoms with van der Waals surface area (Å²) in [6.45, 7) is 4.83. The summed E-state index contributed by atoms with van der Waals surface area (Å²) in [4.78, 5) is 26.3. The van der Waals surface area contributed by atoms with Crippen molar-refractivity contribution in [1.82, 2.24) is 5.32 Å². The first-order valence-electron chi connectivity index (χ1n) is 8.83. The highest BCUT2D eigenvalue weighted by Crippen LogP contribution is 2.25. The average molecular weight is 388 g/mol. The van der Waals surface area contributed by atoms with Crippen molar-refractivity contribution in [2.24, 2.45) is 0 Å². The van der Waals surface area contributed by atoms with E-state index in [0.717, 1.165) is 17.0 Å². The molecular formula is C20H22ClN3O3. The van der Waals surface area contributed by atoms with E-state index in [1.54, 1.807) is 17.0 Å². The molecule has 1 fully saturated rings. The third-order valence-electron chi connectivity index (χ3n) is 4.37. The molecule has 27 heavy (non-hydrogen) atoms. The fraction of sp³-hybridized carbons (Fsp3) is 0.300. The number of ether oxygens (including phenoxy) is 1. The zero-order valence-electron chi connectivity index (χ0n) is 15.3. The quantitative estimate of drug-likeness (QED) is 0.815. The number of benzene rings is 2. The number of amides is 3. The molecule has 3 amide bonds. The van der Waals surface area contributed by atoms with Crippen molar-refractivity contribution >= 4 is 34.9 Å². The Morgan fingerprint density at radius 3 is 2.70 bits per heavy atom. The molecular weight excluding hydrogens is 366 g/mol. The summed E-state index contributed by atoms with van der Waals surface area (Å²) >= 11 is 5.98. The van der Waals surface area contributed by atoms with Crippen molar-refractivity contribution in [1.29, 1.82) is 0 Å². The predicted octanol–water partition coefficient (Wildman–Crippen LogP) is 3.97. The Morgan fingerprint density at radius 2 is 2.00 bits per heavy atom. The first-order chi connectivity index (χ1) is 13.0. The van der Waals surface area contributed by atoms with Gasteiger partial charge in [-0.2, -0.15) is 0 Å². The summed E-state index contributed by atoms with van der Waals surface area (Å²) in [6.07, 6.45) is 0.259. The third-order valence-corrected chi connectivity index (χ3v) is 4.60. The molecule has 3 rings (SSSR count). The number of anilines is 2. The van der Waals surface area contributed by atoms with E-state index in [2.05, 4.69) is 10.6 Å². The molecule has 2 aromatic carbocycles. The molecule has 0 saturated carbocycles. The molecule has 0 aromatic heterocycles. The fourth-order valence-electron chi connectivity index (χ4n) is 3.02. The monoisotopic (exact) mass is 387 g/mol. The SMILES string of the molecule is CCOc1ccc(N2C[C@@H](NC(=O)Nc3cc(Cl)ccc3C)CC2=O)cc1. The molecule has 1 aliphatic rings. The van der Waals surface area contributed by atoms with E-state index in [1.807, 2.05) is 44.2 Å². The maximum atomic E-state index is 12.3. The second-order valence-corrected chi connectivity index (χ2v) is 6.83. The summed E-state index contributed by atoms with van der Waals surface area (Å²) in [5.41, 5.74) is 2.35. The lowest BCUT2D eigenvalue weighted by Crippen LogP contribution is -2.39. The second-order valence-electron chi connectivity index (χ2n) is 6.39. The molecule has 6 nitrogen and oxygen atoms in total. The minimum Gasteiger partial charge on any atom is -0.494 e. The lowest BCUT2D eigenvalue weighted by molar-refractivity contribution is -0.117. The largest absolute Gasteiger partial charge is 0.494 e. The molecule has 1 heterocycles. The van der Waals surface area contributed by atoms with Crippen LogP contribution >= 0.6 is 11.6 Å². The minimum atomic E-state index is -0.355. The molecule has 0 spiro atoms. The van der Waals surface area contributed by atoms with E-state index in [1.165, 1.54) is 0 Å². The van der Waals surface area contributed by atoms with Gasteiger partial charge in [0, 0.05) is 29.4 Å². The van der Waals surface area contributed by atoms with Gasteiger partial charge in [-0.1, -0.05) is 17.7 Å². The highest BCUT2D eigenvalue weighted by molar-refractivity contribution is 6.31. The molecule has 1 saturated heterocycles. The number of carbonyl (C=O) groups excluding carboxylic acids is 2. The summed E-state index contributed by atoms with van der Waals surface area (Å²) in [5, 5.41) is 6.19. The number of halogens is 1. The van der Waals surface area contributed by atoms with Crippen LogP contribution < -0.4 is 20.3 Å². The Balaban J connectivity index is 1.60. The molecule has 7 heteroatoms. The van der Waals surface area contributed by atoms with Crippen LogP contribution in [-0.4, -0.2) is 31.1 Å². The number of nitrogens with zero attached hydrogens (tertiary/aromatic N) is 1. The Bertz CT molecular complexity index is 839. The van der Waals surface area contributed by atoms with E-state index in [9.17, 15) is 9.59 Å². The van der Waals surface area contributed by atoms with Gasteiger partial charge in [0.1, 0.15) is 5.75 Å². The van der Waals surface area contributed by atoms with Crippen LogP contribution in [0.2, 0.25) is 5.02 Å². The second kappa shape index (κ2) is 8.31. The lowest BCUT2D eigenvalue weighted by atomic mass is 10.2. The van der Waals surface area contributed by atoms with Gasteiger partial charge in [0.15, 0.2) is 0 Å². The zero-order chi connectivity index (χ0) is 19.4. The Kier molecular flexibility index (Phi) is 5.86. The van der Waals surface area contributed by atoms with Gasteiger partial charge in [-0.25, -0.2) is 4.79 Å². The number of rotatable bonds is 5. The minimum absolute atomic E-state index is 0.0246. The first kappa shape index (κ1) is 19.0. The van der Waals surface area contributed by atoms with Crippen LogP contribution in [0.5, 0.6) is 5.75 Å². The maximum Gasteiger partial charge on any atom is 0.319 e. The van der Waals surface area contributed by atoms with E-state index in [4.69, 9.17) is 16.3 Å². The Hall–Kier alpha value is -2.73. The number of aryl methyl sites for hydroxylation is 1. The van der Waals surface area contributed by atoms with E-state index in [-0.39, 0.29) is 24.4 Å². The summed E-state index contributed by atoms with van der Waals surface area (Å²) in [6, 6.07) is 12.1. The van der Waals surface area contributed by atoms with Crippen LogP contribution in [-0.2, 0) is 4.79 Å². The fourth-order valence-corrected chi connectivity index (χ4v) is 3.19. The highest BCUT2D eigenvalue weighted by Gasteiger charge is 2.31. The van der Waals surface area contributed by atoms with Crippen molar-refractivity contribution in [2.75, 3.05) is 23.4 Å². The standard InChI is InChI=1S/C20H22ClN3O3/c1-3-27-17-8-6-16(7-9-17)24-12-15(11-19(24)25)22-20(26)23-18-10-14(21)5-4-13(18)2/h4-10,15H,3,11-12H2,1-2H3,(H2,22,23,26)/t15-/m0/s1. The van der Waals surface area contributed by atoms with Gasteiger partial charge < -0.3 is 20.3 Å². The van der Waals surface area contributed by atoms with Crippen molar-refractivity contribution < 1.29 is 14.3 Å². The zero-order valence-corrected chi connectivity index (χ0v) is 16.0. The molecule has 0 aliphatic carbocycles. The van der Waals surface area contributed by atoms with E-state index >= 15 is 0 Å². The lowest BCUT2D eigenvalue weighted by Gasteiger charge is -2.18. The number of urea groups is 1. The van der Waals surface area contributed by atoms with Gasteiger partial charge in [0.05, 0.1) is 12.6 Å². The van der Waals surface area contributed by atoms with Gasteiger partial charge >= 0.3 is 6.03 Å². The molecule has 0 unspecified atom stereocenters. The molecule has 2 aromatic rings. The Morgan fingerprint density at radius 1 is 1.26 bits per heavy atom. The van der Waals surface area contributed by atoms with Gasteiger partial charge in [0.2, 0.25) is 5.91 Å². The third kappa shape index (κ3) is 4.71. The predicted molar refractivity (Wildman–Crippen MR) is 107 cm³/mol. The number of hydrogen-bond donors (Lipinski definition) is 2. The van der Waals surface area contributed by atoms with E-state index in [0.29, 0.717) is 23.9 Å². The molecule has 0 radical (unpaired) electrons. The number of hydrogen-bond acceptors (Lipinski definition) is 3. The molecule has 1 atom stereocenters. The first-order valence-corrected chi connectivity index (χ1v) is 9.21. The molecule has 1 aliphatic heterocycles. The topological polar surface area (TPSA) is 70.7 Å². The van der Waals surface area contributed by atoms with Crippen LogP contribution in [0.25, 0.3) is 0 Å². The van der Waals surface area contributed by atoms with E-state index < -0.39 is 0 Å². The van der Waals surface area contributed by atoms with Crippen molar-refractivity contribution in [3.63, 3.8) is 0 Å². The summed E-state index contributed by atoms with van der Waals surface area (Å²) in [7, 11) is 0. The van der Waals surface area contributed by atoms with Crippen LogP contribution in [0.15, 0.2) is 42.5 Å². The number of carbonyl (C=O) groups is 2. The van der Waals surface area contributed by atoms with Crippen LogP contribution in [0.1, 0.15) is 18.9 Å². The van der Waals surface area contributed by atoms with Crippen molar-refractivity contribution in [2.45, 2.75) is 26.3 Å². The highest BCUT2D eigenvalue weighted by atomic mass is 35.5.